The molecule has 0 aromatic heterocycles. The predicted molar refractivity (Wildman–Crippen MR) is 71.0 cm³/mol. The number of imide groups is 2. The molecule has 0 unspecified atom stereocenters. The average molecular weight is 291 g/mol. The molecule has 110 valence electrons. The van der Waals surface area contributed by atoms with Crippen LogP contribution >= 0.6 is 0 Å². The highest BCUT2D eigenvalue weighted by atomic mass is 16.6. The summed E-state index contributed by atoms with van der Waals surface area (Å²) in [5, 5.41) is 10.6. The lowest BCUT2D eigenvalue weighted by Crippen LogP contribution is -2.37. The number of nitro groups is 1. The van der Waals surface area contributed by atoms with Gasteiger partial charge in [-0.05, 0) is 19.4 Å². The van der Waals surface area contributed by atoms with Crippen molar-refractivity contribution in [2.24, 2.45) is 0 Å². The molecule has 1 heterocycles. The van der Waals surface area contributed by atoms with E-state index in [2.05, 4.69) is 0 Å². The van der Waals surface area contributed by atoms with E-state index >= 15 is 0 Å². The largest absolute Gasteiger partial charge is 0.334 e. The average Bonchev–Trinajstić information content (AvgIpc) is 2.63. The summed E-state index contributed by atoms with van der Waals surface area (Å²) in [4.78, 5) is 47.3. The van der Waals surface area contributed by atoms with Crippen molar-refractivity contribution in [2.45, 2.75) is 26.4 Å². The monoisotopic (exact) mass is 291 g/mol. The van der Waals surface area contributed by atoms with E-state index in [1.165, 1.54) is 24.3 Å². The van der Waals surface area contributed by atoms with Crippen molar-refractivity contribution in [3.63, 3.8) is 0 Å². The first kappa shape index (κ1) is 14.6. The predicted octanol–water partition coefficient (Wildman–Crippen LogP) is 1.29. The highest BCUT2D eigenvalue weighted by molar-refractivity contribution is 6.44. The van der Waals surface area contributed by atoms with E-state index in [4.69, 9.17) is 0 Å². The number of nitrogens with zero attached hydrogens (tertiary/aromatic N) is 3. The third kappa shape index (κ3) is 2.60. The zero-order valence-electron chi connectivity index (χ0n) is 11.5. The number of carbonyl (C=O) groups excluding carboxylic acids is 3. The molecule has 0 atom stereocenters. The van der Waals surface area contributed by atoms with Crippen LogP contribution in [0.1, 0.15) is 19.4 Å². The molecule has 8 heteroatoms. The molecule has 0 saturated carbocycles. The fourth-order valence-corrected chi connectivity index (χ4v) is 2.02. The Hall–Kier alpha value is -2.77. The minimum atomic E-state index is -0.882. The Morgan fingerprint density at radius 1 is 1.10 bits per heavy atom. The van der Waals surface area contributed by atoms with Gasteiger partial charge in [0.1, 0.15) is 0 Å². The first-order valence-electron chi connectivity index (χ1n) is 6.25. The second-order valence-electron chi connectivity index (χ2n) is 4.87. The van der Waals surface area contributed by atoms with E-state index in [1.54, 1.807) is 13.8 Å². The molecule has 2 rings (SSSR count). The van der Waals surface area contributed by atoms with Gasteiger partial charge in [0.2, 0.25) is 0 Å². The Balaban J connectivity index is 2.19. The molecule has 0 radical (unpaired) electrons. The summed E-state index contributed by atoms with van der Waals surface area (Å²) >= 11 is 0. The molecule has 1 aliphatic rings. The summed E-state index contributed by atoms with van der Waals surface area (Å²) in [6.07, 6.45) is 0. The van der Waals surface area contributed by atoms with Gasteiger partial charge in [-0.2, -0.15) is 0 Å². The molecule has 4 amide bonds. The van der Waals surface area contributed by atoms with Gasteiger partial charge in [0.15, 0.2) is 0 Å². The first-order chi connectivity index (χ1) is 9.82. The van der Waals surface area contributed by atoms with Crippen LogP contribution in [0, 0.1) is 10.1 Å². The Kier molecular flexibility index (Phi) is 3.70. The van der Waals surface area contributed by atoms with Gasteiger partial charge in [-0.15, -0.1) is 0 Å². The molecule has 1 saturated heterocycles. The fraction of sp³-hybridized carbons (Fsp3) is 0.308. The normalized spacial score (nSPS) is 15.3. The third-order valence-electron chi connectivity index (χ3n) is 3.09. The lowest BCUT2D eigenvalue weighted by atomic mass is 10.2. The van der Waals surface area contributed by atoms with E-state index in [0.717, 1.165) is 9.80 Å². The van der Waals surface area contributed by atoms with Crippen LogP contribution in [0.5, 0.6) is 0 Å². The van der Waals surface area contributed by atoms with Gasteiger partial charge in [0, 0.05) is 18.2 Å². The van der Waals surface area contributed by atoms with Gasteiger partial charge in [-0.25, -0.2) is 4.79 Å². The Morgan fingerprint density at radius 3 is 2.10 bits per heavy atom. The quantitative estimate of drug-likeness (QED) is 0.360. The molecule has 0 bridgehead atoms. The minimum Gasteiger partial charge on any atom is -0.263 e. The summed E-state index contributed by atoms with van der Waals surface area (Å²) < 4.78 is 0. The van der Waals surface area contributed by atoms with Crippen molar-refractivity contribution in [1.29, 1.82) is 0 Å². The smallest absolute Gasteiger partial charge is 0.263 e. The molecular formula is C13H13N3O5. The Bertz CT molecular complexity index is 623. The number of non-ortho nitro benzene ring substituents is 1. The lowest BCUT2D eigenvalue weighted by molar-refractivity contribution is -0.384. The van der Waals surface area contributed by atoms with Crippen molar-refractivity contribution < 1.29 is 19.3 Å². The topological polar surface area (TPSA) is 101 Å². The molecule has 1 aromatic rings. The van der Waals surface area contributed by atoms with Crippen molar-refractivity contribution in [3.05, 3.63) is 39.9 Å². The molecule has 0 aliphatic carbocycles. The molecule has 8 nitrogen and oxygen atoms in total. The van der Waals surface area contributed by atoms with Gasteiger partial charge in [0.05, 0.1) is 11.5 Å². The molecule has 1 aliphatic heterocycles. The van der Waals surface area contributed by atoms with Crippen LogP contribution in [-0.4, -0.2) is 38.6 Å². The summed E-state index contributed by atoms with van der Waals surface area (Å²) in [6.45, 7) is 3.18. The summed E-state index contributed by atoms with van der Waals surface area (Å²) in [5.74, 6) is -1.73. The lowest BCUT2D eigenvalue weighted by Gasteiger charge is -2.18. The van der Waals surface area contributed by atoms with Gasteiger partial charge in [-0.1, -0.05) is 12.1 Å². The summed E-state index contributed by atoms with van der Waals surface area (Å²) in [7, 11) is 0. The van der Waals surface area contributed by atoms with E-state index in [1.807, 2.05) is 0 Å². The van der Waals surface area contributed by atoms with Crippen LogP contribution in [0.3, 0.4) is 0 Å². The summed E-state index contributed by atoms with van der Waals surface area (Å²) in [6, 6.07) is 4.38. The Morgan fingerprint density at radius 2 is 1.67 bits per heavy atom. The zero-order chi connectivity index (χ0) is 15.7. The van der Waals surface area contributed by atoms with Crippen molar-refractivity contribution in [1.82, 2.24) is 9.80 Å². The number of urea groups is 1. The van der Waals surface area contributed by atoms with Gasteiger partial charge >= 0.3 is 17.8 Å². The highest BCUT2D eigenvalue weighted by Crippen LogP contribution is 2.19. The molecule has 1 aromatic carbocycles. The molecule has 1 fully saturated rings. The number of benzene rings is 1. The second-order valence-corrected chi connectivity index (χ2v) is 4.87. The van der Waals surface area contributed by atoms with Crippen molar-refractivity contribution in [2.75, 3.05) is 0 Å². The SMILES string of the molecule is CC(C)N1C(=O)C(=O)N(Cc2ccc([N+](=O)[O-])cc2)C1=O. The van der Waals surface area contributed by atoms with Crippen LogP contribution < -0.4 is 0 Å². The van der Waals surface area contributed by atoms with Crippen molar-refractivity contribution in [3.8, 4) is 0 Å². The van der Waals surface area contributed by atoms with E-state index in [0.29, 0.717) is 5.56 Å². The van der Waals surface area contributed by atoms with Crippen LogP contribution in [0.2, 0.25) is 0 Å². The molecule has 0 N–H and O–H groups in total. The molecular weight excluding hydrogens is 278 g/mol. The standard InChI is InChI=1S/C13H13N3O5/c1-8(2)15-12(18)11(17)14(13(15)19)7-9-3-5-10(6-4-9)16(20)21/h3-6,8H,7H2,1-2H3. The highest BCUT2D eigenvalue weighted by Gasteiger charge is 2.45. The minimum absolute atomic E-state index is 0.0855. The second kappa shape index (κ2) is 5.31. The van der Waals surface area contributed by atoms with Crippen LogP contribution in [0.4, 0.5) is 10.5 Å². The third-order valence-corrected chi connectivity index (χ3v) is 3.09. The van der Waals surface area contributed by atoms with E-state index in [9.17, 15) is 24.5 Å². The Labute approximate surface area is 120 Å². The molecule has 0 spiro atoms. The van der Waals surface area contributed by atoms with Gasteiger partial charge in [0.25, 0.3) is 5.69 Å². The van der Waals surface area contributed by atoms with Crippen LogP contribution in [-0.2, 0) is 16.1 Å². The van der Waals surface area contributed by atoms with E-state index in [-0.39, 0.29) is 12.2 Å². The number of amides is 4. The molecule has 21 heavy (non-hydrogen) atoms. The number of rotatable bonds is 4. The van der Waals surface area contributed by atoms with Gasteiger partial charge < -0.3 is 0 Å². The van der Waals surface area contributed by atoms with Crippen molar-refractivity contribution >= 4 is 23.5 Å². The van der Waals surface area contributed by atoms with Gasteiger partial charge in [-0.3, -0.25) is 29.5 Å². The number of nitro benzene ring substituents is 1. The summed E-state index contributed by atoms with van der Waals surface area (Å²) in [5.41, 5.74) is 0.443. The maximum absolute atomic E-state index is 12.0. The van der Waals surface area contributed by atoms with E-state index < -0.39 is 28.8 Å². The number of carbonyl (C=O) groups is 3. The fourth-order valence-electron chi connectivity index (χ4n) is 2.02. The maximum atomic E-state index is 12.0. The number of hydrogen-bond donors (Lipinski definition) is 0. The number of hydrogen-bond acceptors (Lipinski definition) is 5. The van der Waals surface area contributed by atoms with Crippen LogP contribution in [0.15, 0.2) is 24.3 Å². The zero-order valence-corrected chi connectivity index (χ0v) is 11.5. The maximum Gasteiger partial charge on any atom is 0.334 e. The first-order valence-corrected chi connectivity index (χ1v) is 6.25. The van der Waals surface area contributed by atoms with Crippen LogP contribution in [0.25, 0.3) is 0 Å².